The Kier molecular flexibility index (Phi) is 7.53. The smallest absolute Gasteiger partial charge is 0.0541 e. The van der Waals surface area contributed by atoms with Crippen molar-refractivity contribution in [2.45, 2.75) is 0 Å². The van der Waals surface area contributed by atoms with Crippen molar-refractivity contribution < 1.29 is 0 Å². The van der Waals surface area contributed by atoms with Crippen molar-refractivity contribution in [3.63, 3.8) is 0 Å². The highest BCUT2D eigenvalue weighted by Gasteiger charge is 2.19. The van der Waals surface area contributed by atoms with Crippen LogP contribution in [0, 0.1) is 0 Å². The minimum atomic E-state index is 1.11. The van der Waals surface area contributed by atoms with Crippen molar-refractivity contribution in [1.82, 2.24) is 4.57 Å². The Balaban J connectivity index is 1.25. The normalized spacial score (nSPS) is 11.2. The number of aromatic nitrogens is 1. The summed E-state index contributed by atoms with van der Waals surface area (Å²) in [6, 6.07) is 74.0. The van der Waals surface area contributed by atoms with E-state index in [2.05, 4.69) is 216 Å². The van der Waals surface area contributed by atoms with Crippen LogP contribution in [-0.2, 0) is 0 Å². The first-order chi connectivity index (χ1) is 24.8. The van der Waals surface area contributed by atoms with E-state index in [9.17, 15) is 0 Å². The van der Waals surface area contributed by atoms with Gasteiger partial charge in [0, 0.05) is 33.4 Å². The highest BCUT2D eigenvalue weighted by Crippen LogP contribution is 2.41. The minimum absolute atomic E-state index is 1.11. The number of fused-ring (bicyclic) bond motifs is 3. The molecule has 0 bridgehead atoms. The van der Waals surface area contributed by atoms with E-state index in [0.717, 1.165) is 28.3 Å². The summed E-state index contributed by atoms with van der Waals surface area (Å²) >= 11 is 0. The lowest BCUT2D eigenvalue weighted by Gasteiger charge is -2.26. The number of nitrogens with zero attached hydrogens (tertiary/aromatic N) is 2. The van der Waals surface area contributed by atoms with Crippen LogP contribution in [0.5, 0.6) is 0 Å². The number of anilines is 3. The fourth-order valence-corrected chi connectivity index (χ4v) is 7.23. The van der Waals surface area contributed by atoms with E-state index in [4.69, 9.17) is 0 Å². The maximum absolute atomic E-state index is 2.45. The molecule has 9 aromatic rings. The Hall–Kier alpha value is -6.64. The van der Waals surface area contributed by atoms with Crippen LogP contribution in [0.4, 0.5) is 17.1 Å². The fraction of sp³-hybridized carbons (Fsp3) is 0. The van der Waals surface area contributed by atoms with Crippen LogP contribution < -0.4 is 4.90 Å². The standard InChI is InChI=1S/C48H34N2/c1-5-16-35(17-6-1)37-28-30-47-44(33-37)45-34-38(36-18-7-2-8-19-36)29-31-48(45)50(47)46-27-14-13-26-43(46)39-20-15-25-42(32-39)49(40-21-9-3-10-22-40)41-23-11-4-12-24-41/h1-34H. The Morgan fingerprint density at radius 3 is 1.28 bits per heavy atom. The molecule has 2 nitrogen and oxygen atoms in total. The second-order valence-electron chi connectivity index (χ2n) is 12.6. The summed E-state index contributed by atoms with van der Waals surface area (Å²) in [5.74, 6) is 0. The molecule has 0 spiro atoms. The topological polar surface area (TPSA) is 8.17 Å². The predicted octanol–water partition coefficient (Wildman–Crippen LogP) is 13.3. The third-order valence-corrected chi connectivity index (χ3v) is 9.57. The molecule has 0 N–H and O–H groups in total. The molecular formula is C48H34N2. The molecule has 2 heteroatoms. The van der Waals surface area contributed by atoms with Crippen LogP contribution in [0.15, 0.2) is 206 Å². The first-order valence-electron chi connectivity index (χ1n) is 17.1. The van der Waals surface area contributed by atoms with Crippen LogP contribution >= 0.6 is 0 Å². The molecule has 0 atom stereocenters. The van der Waals surface area contributed by atoms with Crippen LogP contribution in [-0.4, -0.2) is 4.57 Å². The minimum Gasteiger partial charge on any atom is -0.310 e. The van der Waals surface area contributed by atoms with Crippen LogP contribution in [0.2, 0.25) is 0 Å². The summed E-state index contributed by atoms with van der Waals surface area (Å²) in [6.45, 7) is 0. The molecule has 0 saturated heterocycles. The zero-order chi connectivity index (χ0) is 33.3. The summed E-state index contributed by atoms with van der Waals surface area (Å²) in [4.78, 5) is 2.32. The third kappa shape index (κ3) is 5.34. The Morgan fingerprint density at radius 1 is 0.300 bits per heavy atom. The van der Waals surface area contributed by atoms with E-state index in [0.29, 0.717) is 0 Å². The van der Waals surface area contributed by atoms with E-state index in [1.807, 2.05) is 0 Å². The first kappa shape index (κ1) is 29.5. The Morgan fingerprint density at radius 2 is 0.740 bits per heavy atom. The highest BCUT2D eigenvalue weighted by atomic mass is 15.1. The lowest BCUT2D eigenvalue weighted by atomic mass is 10.0. The third-order valence-electron chi connectivity index (χ3n) is 9.57. The predicted molar refractivity (Wildman–Crippen MR) is 212 cm³/mol. The lowest BCUT2D eigenvalue weighted by Crippen LogP contribution is -2.09. The van der Waals surface area contributed by atoms with Crippen molar-refractivity contribution >= 4 is 38.9 Å². The summed E-state index contributed by atoms with van der Waals surface area (Å²) < 4.78 is 2.45. The average molecular weight is 639 g/mol. The second-order valence-corrected chi connectivity index (χ2v) is 12.6. The van der Waals surface area contributed by atoms with Gasteiger partial charge in [0.15, 0.2) is 0 Å². The quantitative estimate of drug-likeness (QED) is 0.169. The van der Waals surface area contributed by atoms with E-state index in [-0.39, 0.29) is 0 Å². The molecule has 0 aliphatic rings. The van der Waals surface area contributed by atoms with Gasteiger partial charge >= 0.3 is 0 Å². The first-order valence-corrected chi connectivity index (χ1v) is 17.1. The molecule has 1 heterocycles. The number of rotatable bonds is 7. The second kappa shape index (κ2) is 12.8. The summed E-state index contributed by atoms with van der Waals surface area (Å²) in [5, 5.41) is 2.48. The molecule has 0 radical (unpaired) electrons. The SMILES string of the molecule is c1ccc(-c2ccc3c(c2)c2cc(-c4ccccc4)ccc2n3-c2ccccc2-c2cccc(N(c3ccccc3)c3ccccc3)c2)cc1. The van der Waals surface area contributed by atoms with Gasteiger partial charge in [-0.2, -0.15) is 0 Å². The highest BCUT2D eigenvalue weighted by molar-refractivity contribution is 6.12. The van der Waals surface area contributed by atoms with Gasteiger partial charge in [-0.15, -0.1) is 0 Å². The molecule has 1 aromatic heterocycles. The number of hydrogen-bond donors (Lipinski definition) is 0. The Bertz CT molecular complexity index is 2430. The van der Waals surface area contributed by atoms with Crippen molar-refractivity contribution in [1.29, 1.82) is 0 Å². The van der Waals surface area contributed by atoms with Gasteiger partial charge in [-0.05, 0) is 94.5 Å². The largest absolute Gasteiger partial charge is 0.310 e. The van der Waals surface area contributed by atoms with Gasteiger partial charge in [0.2, 0.25) is 0 Å². The van der Waals surface area contributed by atoms with Crippen molar-refractivity contribution in [3.8, 4) is 39.1 Å². The molecule has 50 heavy (non-hydrogen) atoms. The van der Waals surface area contributed by atoms with E-state index in [1.54, 1.807) is 0 Å². The van der Waals surface area contributed by atoms with Gasteiger partial charge in [-0.3, -0.25) is 0 Å². The number of para-hydroxylation sites is 3. The molecular weight excluding hydrogens is 605 g/mol. The molecule has 0 aliphatic heterocycles. The fourth-order valence-electron chi connectivity index (χ4n) is 7.23. The summed E-state index contributed by atoms with van der Waals surface area (Å²) in [5.41, 5.74) is 14.1. The average Bonchev–Trinajstić information content (AvgIpc) is 3.52. The Labute approximate surface area is 292 Å². The van der Waals surface area contributed by atoms with E-state index < -0.39 is 0 Å². The van der Waals surface area contributed by atoms with Gasteiger partial charge in [0.25, 0.3) is 0 Å². The molecule has 0 unspecified atom stereocenters. The van der Waals surface area contributed by atoms with Gasteiger partial charge in [-0.25, -0.2) is 0 Å². The summed E-state index contributed by atoms with van der Waals surface area (Å²) in [6.07, 6.45) is 0. The lowest BCUT2D eigenvalue weighted by molar-refractivity contribution is 1.18. The zero-order valence-electron chi connectivity index (χ0n) is 27.5. The summed E-state index contributed by atoms with van der Waals surface area (Å²) in [7, 11) is 0. The monoisotopic (exact) mass is 638 g/mol. The van der Waals surface area contributed by atoms with Crippen molar-refractivity contribution in [2.75, 3.05) is 4.90 Å². The zero-order valence-corrected chi connectivity index (χ0v) is 27.5. The molecule has 0 aliphatic carbocycles. The molecule has 236 valence electrons. The van der Waals surface area contributed by atoms with Crippen LogP contribution in [0.3, 0.4) is 0 Å². The molecule has 0 fully saturated rings. The van der Waals surface area contributed by atoms with Gasteiger partial charge in [0.05, 0.1) is 16.7 Å². The molecule has 0 amide bonds. The van der Waals surface area contributed by atoms with Crippen molar-refractivity contribution in [3.05, 3.63) is 206 Å². The van der Waals surface area contributed by atoms with Crippen LogP contribution in [0.1, 0.15) is 0 Å². The van der Waals surface area contributed by atoms with Crippen molar-refractivity contribution in [2.24, 2.45) is 0 Å². The van der Waals surface area contributed by atoms with E-state index >= 15 is 0 Å². The number of hydrogen-bond acceptors (Lipinski definition) is 1. The van der Waals surface area contributed by atoms with Gasteiger partial charge in [-0.1, -0.05) is 140 Å². The number of benzene rings is 8. The maximum Gasteiger partial charge on any atom is 0.0541 e. The molecule has 8 aromatic carbocycles. The van der Waals surface area contributed by atoms with E-state index in [1.165, 1.54) is 49.6 Å². The van der Waals surface area contributed by atoms with Gasteiger partial charge < -0.3 is 9.47 Å². The molecule has 0 saturated carbocycles. The maximum atomic E-state index is 2.45. The van der Waals surface area contributed by atoms with Crippen LogP contribution in [0.25, 0.3) is 60.9 Å². The van der Waals surface area contributed by atoms with Gasteiger partial charge in [0.1, 0.15) is 0 Å². The molecule has 9 rings (SSSR count).